The van der Waals surface area contributed by atoms with Crippen LogP contribution in [-0.4, -0.2) is 16.8 Å². The summed E-state index contributed by atoms with van der Waals surface area (Å²) >= 11 is 5.83. The number of nitrogens with two attached hydrogens (primary N) is 1. The summed E-state index contributed by atoms with van der Waals surface area (Å²) in [6, 6.07) is 5.71. The number of halogens is 1. The summed E-state index contributed by atoms with van der Waals surface area (Å²) in [6.07, 6.45) is 1.36. The van der Waals surface area contributed by atoms with E-state index in [1.807, 2.05) is 18.2 Å². The number of rotatable bonds is 3. The molecule has 0 aliphatic carbocycles. The van der Waals surface area contributed by atoms with Gasteiger partial charge in [-0.3, -0.25) is 0 Å². The molecular weight excluding hydrogens is 268 g/mol. The Morgan fingerprint density at radius 1 is 1.32 bits per heavy atom. The number of benzene rings is 1. The predicted molar refractivity (Wildman–Crippen MR) is 71.3 cm³/mol. The summed E-state index contributed by atoms with van der Waals surface area (Å²) in [6.45, 7) is 0.748. The van der Waals surface area contributed by atoms with Gasteiger partial charge >= 0.3 is 0 Å². The average Bonchev–Trinajstić information content (AvgIpc) is 2.89. The van der Waals surface area contributed by atoms with E-state index in [4.69, 9.17) is 26.8 Å². The lowest BCUT2D eigenvalue weighted by molar-refractivity contribution is 0.173. The minimum Gasteiger partial charge on any atom is -0.454 e. The van der Waals surface area contributed by atoms with Gasteiger partial charge in [0.15, 0.2) is 22.5 Å². The van der Waals surface area contributed by atoms with Crippen molar-refractivity contribution in [3.05, 3.63) is 35.2 Å². The molecule has 6 nitrogen and oxygen atoms in total. The molecule has 0 spiro atoms. The Bertz CT molecular complexity index is 621. The quantitative estimate of drug-likeness (QED) is 0.836. The van der Waals surface area contributed by atoms with Gasteiger partial charge in [-0.1, -0.05) is 23.7 Å². The summed E-state index contributed by atoms with van der Waals surface area (Å²) in [5.41, 5.74) is 7.07. The number of aromatic nitrogens is 2. The molecule has 1 aliphatic rings. The summed E-state index contributed by atoms with van der Waals surface area (Å²) in [5.74, 6) is 1.98. The van der Waals surface area contributed by atoms with Gasteiger partial charge in [-0.25, -0.2) is 9.97 Å². The van der Waals surface area contributed by atoms with Gasteiger partial charge < -0.3 is 20.5 Å². The largest absolute Gasteiger partial charge is 0.454 e. The van der Waals surface area contributed by atoms with E-state index in [0.29, 0.717) is 18.1 Å². The van der Waals surface area contributed by atoms with Crippen LogP contribution in [0.2, 0.25) is 5.15 Å². The van der Waals surface area contributed by atoms with Crippen LogP contribution in [0.3, 0.4) is 0 Å². The highest BCUT2D eigenvalue weighted by atomic mass is 35.5. The summed E-state index contributed by atoms with van der Waals surface area (Å²) in [4.78, 5) is 7.84. The van der Waals surface area contributed by atoms with Crippen LogP contribution in [0.25, 0.3) is 0 Å². The number of nitrogens with zero attached hydrogens (tertiary/aromatic N) is 2. The Balaban J connectivity index is 1.80. The van der Waals surface area contributed by atoms with Crippen LogP contribution in [0, 0.1) is 0 Å². The smallest absolute Gasteiger partial charge is 0.231 e. The van der Waals surface area contributed by atoms with Gasteiger partial charge in [0.25, 0.3) is 0 Å². The van der Waals surface area contributed by atoms with E-state index in [1.165, 1.54) is 6.33 Å². The molecular formula is C12H11ClN4O2. The van der Waals surface area contributed by atoms with Crippen LogP contribution in [0.5, 0.6) is 11.5 Å². The fourth-order valence-electron chi connectivity index (χ4n) is 1.82. The van der Waals surface area contributed by atoms with Gasteiger partial charge in [0.2, 0.25) is 6.79 Å². The topological polar surface area (TPSA) is 82.3 Å². The molecule has 0 amide bonds. The molecule has 0 atom stereocenters. The maximum atomic E-state index is 5.83. The van der Waals surface area contributed by atoms with Crippen molar-refractivity contribution in [3.8, 4) is 11.5 Å². The summed E-state index contributed by atoms with van der Waals surface area (Å²) in [5, 5.41) is 3.34. The van der Waals surface area contributed by atoms with E-state index < -0.39 is 0 Å². The maximum Gasteiger partial charge on any atom is 0.231 e. The third kappa shape index (κ3) is 2.22. The highest BCUT2D eigenvalue weighted by molar-refractivity contribution is 6.32. The van der Waals surface area contributed by atoms with E-state index in [0.717, 1.165) is 17.1 Å². The monoisotopic (exact) mass is 278 g/mol. The van der Waals surface area contributed by atoms with Crippen LogP contribution in [0.1, 0.15) is 5.56 Å². The van der Waals surface area contributed by atoms with E-state index in [2.05, 4.69) is 15.3 Å². The van der Waals surface area contributed by atoms with E-state index in [9.17, 15) is 0 Å². The second-order valence-corrected chi connectivity index (χ2v) is 4.29. The number of para-hydroxylation sites is 1. The van der Waals surface area contributed by atoms with Crippen molar-refractivity contribution in [1.82, 2.24) is 9.97 Å². The molecule has 0 saturated carbocycles. The summed E-state index contributed by atoms with van der Waals surface area (Å²) in [7, 11) is 0. The second-order valence-electron chi connectivity index (χ2n) is 3.93. The molecule has 0 unspecified atom stereocenters. The Hall–Kier alpha value is -2.21. The average molecular weight is 279 g/mol. The van der Waals surface area contributed by atoms with Gasteiger partial charge in [-0.15, -0.1) is 0 Å². The zero-order valence-corrected chi connectivity index (χ0v) is 10.6. The maximum absolute atomic E-state index is 5.83. The first kappa shape index (κ1) is 11.9. The lowest BCUT2D eigenvalue weighted by atomic mass is 10.2. The van der Waals surface area contributed by atoms with Gasteiger partial charge in [0.05, 0.1) is 0 Å². The standard InChI is InChI=1S/C12H11ClN4O2/c13-11-9(14)12(17-5-16-11)15-4-7-2-1-3-8-10(7)19-6-18-8/h1-3,5H,4,6,14H2,(H,15,16,17). The van der Waals surface area contributed by atoms with E-state index in [1.54, 1.807) is 0 Å². The lowest BCUT2D eigenvalue weighted by Crippen LogP contribution is -2.06. The molecule has 1 aliphatic heterocycles. The first-order chi connectivity index (χ1) is 9.25. The Labute approximate surface area is 114 Å². The van der Waals surface area contributed by atoms with Crippen LogP contribution in [0.4, 0.5) is 11.5 Å². The molecule has 1 aromatic heterocycles. The zero-order valence-electron chi connectivity index (χ0n) is 9.89. The van der Waals surface area contributed by atoms with Crippen molar-refractivity contribution < 1.29 is 9.47 Å². The highest BCUT2D eigenvalue weighted by Gasteiger charge is 2.17. The molecule has 2 heterocycles. The molecule has 19 heavy (non-hydrogen) atoms. The lowest BCUT2D eigenvalue weighted by Gasteiger charge is -2.10. The van der Waals surface area contributed by atoms with Crippen molar-refractivity contribution >= 4 is 23.1 Å². The number of nitrogens with one attached hydrogen (secondary N) is 1. The molecule has 0 bridgehead atoms. The van der Waals surface area contributed by atoms with Crippen molar-refractivity contribution in [3.63, 3.8) is 0 Å². The highest BCUT2D eigenvalue weighted by Crippen LogP contribution is 2.35. The fraction of sp³-hybridized carbons (Fsp3) is 0.167. The number of nitrogen functional groups attached to an aromatic ring is 1. The SMILES string of the molecule is Nc1c(Cl)ncnc1NCc1cccc2c1OCO2. The van der Waals surface area contributed by atoms with Gasteiger partial charge in [0.1, 0.15) is 12.0 Å². The van der Waals surface area contributed by atoms with Crippen molar-refractivity contribution in [1.29, 1.82) is 0 Å². The minimum absolute atomic E-state index is 0.232. The van der Waals surface area contributed by atoms with Crippen molar-refractivity contribution in [2.24, 2.45) is 0 Å². The van der Waals surface area contributed by atoms with Gasteiger partial charge in [0, 0.05) is 12.1 Å². The third-order valence-corrected chi connectivity index (χ3v) is 3.06. The molecule has 7 heteroatoms. The number of anilines is 2. The number of ether oxygens (including phenoxy) is 2. The van der Waals surface area contributed by atoms with Crippen LogP contribution in [-0.2, 0) is 6.54 Å². The first-order valence-electron chi connectivity index (χ1n) is 5.63. The Morgan fingerprint density at radius 2 is 2.21 bits per heavy atom. The minimum atomic E-state index is 0.232. The molecule has 3 N–H and O–H groups in total. The van der Waals surface area contributed by atoms with Crippen molar-refractivity contribution in [2.75, 3.05) is 17.8 Å². The van der Waals surface area contributed by atoms with Crippen molar-refractivity contribution in [2.45, 2.75) is 6.54 Å². The number of fused-ring (bicyclic) bond motifs is 1. The Morgan fingerprint density at radius 3 is 3.11 bits per heavy atom. The van der Waals surface area contributed by atoms with Gasteiger partial charge in [-0.2, -0.15) is 0 Å². The molecule has 98 valence electrons. The Kier molecular flexibility index (Phi) is 3.00. The molecule has 0 fully saturated rings. The molecule has 0 saturated heterocycles. The third-order valence-electron chi connectivity index (χ3n) is 2.76. The molecule has 3 rings (SSSR count). The second kappa shape index (κ2) is 4.81. The van der Waals surface area contributed by atoms with Crippen LogP contribution >= 0.6 is 11.6 Å². The normalized spacial score (nSPS) is 12.5. The van der Waals surface area contributed by atoms with Gasteiger partial charge in [-0.05, 0) is 6.07 Å². The van der Waals surface area contributed by atoms with Crippen LogP contribution < -0.4 is 20.5 Å². The molecule has 2 aromatic rings. The van der Waals surface area contributed by atoms with E-state index >= 15 is 0 Å². The van der Waals surface area contributed by atoms with Crippen LogP contribution in [0.15, 0.2) is 24.5 Å². The fourth-order valence-corrected chi connectivity index (χ4v) is 1.96. The summed E-state index contributed by atoms with van der Waals surface area (Å²) < 4.78 is 10.7. The number of hydrogen-bond acceptors (Lipinski definition) is 6. The molecule has 1 aromatic carbocycles. The molecule has 0 radical (unpaired) electrons. The first-order valence-corrected chi connectivity index (χ1v) is 6.01. The predicted octanol–water partition coefficient (Wildman–Crippen LogP) is 2.05. The number of hydrogen-bond donors (Lipinski definition) is 2. The zero-order chi connectivity index (χ0) is 13.2. The van der Waals surface area contributed by atoms with E-state index in [-0.39, 0.29) is 11.9 Å².